The zero-order valence-electron chi connectivity index (χ0n) is 6.35. The molecule has 0 fully saturated rings. The van der Waals surface area contributed by atoms with Crippen LogP contribution in [0.4, 0.5) is 0 Å². The zero-order valence-corrected chi connectivity index (χ0v) is 6.35. The standard InChI is InChI=1S/C8H12O2/c1-3-4-8(2)6(9)5-7(8)10/h5,9H,3-4H2,1-2H3. The molecule has 2 heteroatoms. The minimum Gasteiger partial charge on any atom is -0.511 e. The molecule has 2 nitrogen and oxygen atoms in total. The van der Waals surface area contributed by atoms with Gasteiger partial charge in [-0.25, -0.2) is 0 Å². The van der Waals surface area contributed by atoms with E-state index in [1.807, 2.05) is 6.92 Å². The summed E-state index contributed by atoms with van der Waals surface area (Å²) in [4.78, 5) is 10.9. The molecule has 10 heavy (non-hydrogen) atoms. The predicted molar refractivity (Wildman–Crippen MR) is 38.7 cm³/mol. The summed E-state index contributed by atoms with van der Waals surface area (Å²) in [7, 11) is 0. The molecule has 0 amide bonds. The van der Waals surface area contributed by atoms with Crippen LogP contribution in [0.1, 0.15) is 26.7 Å². The zero-order chi connectivity index (χ0) is 7.78. The number of aliphatic hydroxyl groups is 1. The van der Waals surface area contributed by atoms with Gasteiger partial charge in [0.25, 0.3) is 0 Å². The van der Waals surface area contributed by atoms with Gasteiger partial charge in [0.2, 0.25) is 0 Å². The van der Waals surface area contributed by atoms with Gasteiger partial charge in [0.05, 0.1) is 5.41 Å². The molecule has 0 spiro atoms. The lowest BCUT2D eigenvalue weighted by atomic mass is 9.71. The molecule has 0 aromatic rings. The van der Waals surface area contributed by atoms with Gasteiger partial charge >= 0.3 is 0 Å². The number of allylic oxidation sites excluding steroid dienone is 2. The Hall–Kier alpha value is -0.790. The van der Waals surface area contributed by atoms with E-state index in [-0.39, 0.29) is 11.5 Å². The summed E-state index contributed by atoms with van der Waals surface area (Å²) >= 11 is 0. The average molecular weight is 140 g/mol. The van der Waals surface area contributed by atoms with E-state index < -0.39 is 5.41 Å². The minimum absolute atomic E-state index is 0.0619. The lowest BCUT2D eigenvalue weighted by Crippen LogP contribution is -2.36. The van der Waals surface area contributed by atoms with Crippen LogP contribution in [-0.4, -0.2) is 10.9 Å². The Morgan fingerprint density at radius 2 is 2.30 bits per heavy atom. The van der Waals surface area contributed by atoms with Crippen molar-refractivity contribution >= 4 is 5.78 Å². The van der Waals surface area contributed by atoms with E-state index in [4.69, 9.17) is 5.11 Å². The first kappa shape index (κ1) is 7.32. The van der Waals surface area contributed by atoms with Crippen molar-refractivity contribution in [2.24, 2.45) is 5.41 Å². The Kier molecular flexibility index (Phi) is 1.55. The number of carbonyl (C=O) groups is 1. The van der Waals surface area contributed by atoms with Gasteiger partial charge in [0.1, 0.15) is 5.76 Å². The molecule has 0 aliphatic heterocycles. The quantitative estimate of drug-likeness (QED) is 0.635. The Morgan fingerprint density at radius 3 is 2.50 bits per heavy atom. The maximum Gasteiger partial charge on any atom is 0.172 e. The van der Waals surface area contributed by atoms with E-state index in [2.05, 4.69) is 0 Å². The van der Waals surface area contributed by atoms with Crippen molar-refractivity contribution in [1.82, 2.24) is 0 Å². The van der Waals surface area contributed by atoms with Crippen LogP contribution < -0.4 is 0 Å². The van der Waals surface area contributed by atoms with Crippen LogP contribution in [0.5, 0.6) is 0 Å². The number of hydrogen-bond donors (Lipinski definition) is 1. The van der Waals surface area contributed by atoms with Crippen LogP contribution in [0, 0.1) is 5.41 Å². The van der Waals surface area contributed by atoms with Crippen LogP contribution >= 0.6 is 0 Å². The molecule has 1 N–H and O–H groups in total. The summed E-state index contributed by atoms with van der Waals surface area (Å²) in [6, 6.07) is 0. The van der Waals surface area contributed by atoms with E-state index in [9.17, 15) is 4.79 Å². The van der Waals surface area contributed by atoms with Gasteiger partial charge in [0.15, 0.2) is 5.78 Å². The number of ketones is 1. The van der Waals surface area contributed by atoms with Crippen molar-refractivity contribution in [3.8, 4) is 0 Å². The van der Waals surface area contributed by atoms with Gasteiger partial charge in [-0.15, -0.1) is 0 Å². The monoisotopic (exact) mass is 140 g/mol. The maximum atomic E-state index is 10.9. The Bertz CT molecular complexity index is 193. The first-order valence-electron chi connectivity index (χ1n) is 3.57. The van der Waals surface area contributed by atoms with Crippen molar-refractivity contribution < 1.29 is 9.90 Å². The summed E-state index contributed by atoms with van der Waals surface area (Å²) in [6.07, 6.45) is 2.99. The van der Waals surface area contributed by atoms with Crippen molar-refractivity contribution in [3.05, 3.63) is 11.8 Å². The number of carbonyl (C=O) groups excluding carboxylic acids is 1. The van der Waals surface area contributed by atoms with E-state index in [1.54, 1.807) is 6.92 Å². The van der Waals surface area contributed by atoms with Gasteiger partial charge in [-0.2, -0.15) is 0 Å². The third-order valence-electron chi connectivity index (χ3n) is 2.13. The van der Waals surface area contributed by atoms with Gasteiger partial charge in [0, 0.05) is 6.08 Å². The molecule has 0 saturated carbocycles. The van der Waals surface area contributed by atoms with Crippen molar-refractivity contribution in [2.45, 2.75) is 26.7 Å². The highest BCUT2D eigenvalue weighted by Crippen LogP contribution is 2.39. The fourth-order valence-electron chi connectivity index (χ4n) is 1.24. The number of hydrogen-bond acceptors (Lipinski definition) is 2. The molecule has 0 heterocycles. The first-order valence-corrected chi connectivity index (χ1v) is 3.57. The highest BCUT2D eigenvalue weighted by molar-refractivity contribution is 6.03. The largest absolute Gasteiger partial charge is 0.511 e. The highest BCUT2D eigenvalue weighted by atomic mass is 16.3. The Labute approximate surface area is 60.6 Å². The van der Waals surface area contributed by atoms with Crippen LogP contribution in [0.15, 0.2) is 11.8 Å². The molecular formula is C8H12O2. The highest BCUT2D eigenvalue weighted by Gasteiger charge is 2.42. The molecule has 0 bridgehead atoms. The fraction of sp³-hybridized carbons (Fsp3) is 0.625. The lowest BCUT2D eigenvalue weighted by molar-refractivity contribution is -0.126. The summed E-state index contributed by atoms with van der Waals surface area (Å²) in [5.41, 5.74) is -0.533. The van der Waals surface area contributed by atoms with Crippen LogP contribution in [0.25, 0.3) is 0 Å². The molecule has 1 atom stereocenters. The van der Waals surface area contributed by atoms with Crippen LogP contribution in [0.3, 0.4) is 0 Å². The van der Waals surface area contributed by atoms with Crippen LogP contribution in [-0.2, 0) is 4.79 Å². The van der Waals surface area contributed by atoms with Gasteiger partial charge in [-0.1, -0.05) is 13.3 Å². The molecule has 0 radical (unpaired) electrons. The molecule has 0 aromatic heterocycles. The molecule has 56 valence electrons. The van der Waals surface area contributed by atoms with Crippen molar-refractivity contribution in [1.29, 1.82) is 0 Å². The number of aliphatic hydroxyl groups excluding tert-OH is 1. The maximum absolute atomic E-state index is 10.9. The predicted octanol–water partition coefficient (Wildman–Crippen LogP) is 1.82. The number of rotatable bonds is 2. The summed E-state index contributed by atoms with van der Waals surface area (Å²) < 4.78 is 0. The normalized spacial score (nSPS) is 31.4. The minimum atomic E-state index is -0.533. The third kappa shape index (κ3) is 0.753. The van der Waals surface area contributed by atoms with Crippen molar-refractivity contribution in [3.63, 3.8) is 0 Å². The van der Waals surface area contributed by atoms with Crippen molar-refractivity contribution in [2.75, 3.05) is 0 Å². The topological polar surface area (TPSA) is 37.3 Å². The molecule has 1 aliphatic rings. The molecule has 0 aromatic carbocycles. The molecule has 1 rings (SSSR count). The second-order valence-electron chi connectivity index (χ2n) is 2.98. The SMILES string of the molecule is CCCC1(C)C(=O)C=C1O. The molecular weight excluding hydrogens is 128 g/mol. The van der Waals surface area contributed by atoms with Crippen LogP contribution in [0.2, 0.25) is 0 Å². The molecule has 1 unspecified atom stereocenters. The van der Waals surface area contributed by atoms with Gasteiger partial charge < -0.3 is 5.11 Å². The van der Waals surface area contributed by atoms with E-state index in [0.717, 1.165) is 12.8 Å². The average Bonchev–Trinajstić information content (AvgIpc) is 1.89. The first-order chi connectivity index (χ1) is 4.61. The smallest absolute Gasteiger partial charge is 0.172 e. The Morgan fingerprint density at radius 1 is 1.70 bits per heavy atom. The summed E-state index contributed by atoms with van der Waals surface area (Å²) in [5, 5.41) is 9.11. The van der Waals surface area contributed by atoms with E-state index in [1.165, 1.54) is 6.08 Å². The summed E-state index contributed by atoms with van der Waals surface area (Å²) in [6.45, 7) is 3.79. The van der Waals surface area contributed by atoms with E-state index in [0.29, 0.717) is 0 Å². The second-order valence-corrected chi connectivity index (χ2v) is 2.98. The van der Waals surface area contributed by atoms with Gasteiger partial charge in [-0.3, -0.25) is 4.79 Å². The molecule has 0 saturated heterocycles. The fourth-order valence-corrected chi connectivity index (χ4v) is 1.24. The van der Waals surface area contributed by atoms with E-state index >= 15 is 0 Å². The Balaban J connectivity index is 2.72. The summed E-state index contributed by atoms with van der Waals surface area (Å²) in [5.74, 6) is 0.311. The second kappa shape index (κ2) is 2.11. The third-order valence-corrected chi connectivity index (χ3v) is 2.13. The van der Waals surface area contributed by atoms with Gasteiger partial charge in [-0.05, 0) is 13.3 Å². The molecule has 1 aliphatic carbocycles. The lowest BCUT2D eigenvalue weighted by Gasteiger charge is -2.32.